The molecule has 0 saturated carbocycles. The lowest BCUT2D eigenvalue weighted by Crippen LogP contribution is -2.24. The van der Waals surface area contributed by atoms with Gasteiger partial charge < -0.3 is 9.57 Å². The van der Waals surface area contributed by atoms with Crippen LogP contribution in [-0.2, 0) is 26.6 Å². The average Bonchev–Trinajstić information content (AvgIpc) is 2.78. The summed E-state index contributed by atoms with van der Waals surface area (Å²) in [5, 5.41) is 3.15. The van der Waals surface area contributed by atoms with Gasteiger partial charge in [0.05, 0.1) is 18.4 Å². The zero-order valence-electron chi connectivity index (χ0n) is 12.5. The average molecular weight is 353 g/mol. The second kappa shape index (κ2) is 5.62. The van der Waals surface area contributed by atoms with Gasteiger partial charge in [0.25, 0.3) is 0 Å². The van der Waals surface area contributed by atoms with Crippen LogP contribution in [0.4, 0.5) is 13.2 Å². The van der Waals surface area contributed by atoms with E-state index in [4.69, 9.17) is 9.57 Å². The van der Waals surface area contributed by atoms with Crippen molar-refractivity contribution in [2.24, 2.45) is 5.16 Å². The summed E-state index contributed by atoms with van der Waals surface area (Å²) in [6.45, 7) is 3.23. The largest absolute Gasteiger partial charge is 0.481 e. The summed E-state index contributed by atoms with van der Waals surface area (Å²) in [6.07, 6.45) is -4.21. The third-order valence-electron chi connectivity index (χ3n) is 3.03. The fourth-order valence-electron chi connectivity index (χ4n) is 1.99. The molecule has 1 aromatic rings. The molecule has 0 atom stereocenters. The molecule has 0 amide bonds. The molecule has 7 nitrogen and oxygen atoms in total. The van der Waals surface area contributed by atoms with Crippen LogP contribution in [-0.4, -0.2) is 36.1 Å². The number of hydrogen-bond donors (Lipinski definition) is 0. The van der Waals surface area contributed by atoms with Gasteiger partial charge >= 0.3 is 6.18 Å². The minimum Gasteiger partial charge on any atom is -0.481 e. The molecular weight excluding hydrogens is 339 g/mol. The van der Waals surface area contributed by atoms with Gasteiger partial charge in [0.2, 0.25) is 5.88 Å². The number of alkyl halides is 3. The van der Waals surface area contributed by atoms with E-state index in [2.05, 4.69) is 15.1 Å². The van der Waals surface area contributed by atoms with Crippen LogP contribution in [0.3, 0.4) is 0 Å². The van der Waals surface area contributed by atoms with E-state index in [0.717, 1.165) is 7.11 Å². The molecular formula is C12H14F3N3O4S. The molecule has 0 aliphatic carbocycles. The molecule has 0 N–H and O–H groups in total. The molecule has 11 heteroatoms. The van der Waals surface area contributed by atoms with Crippen molar-refractivity contribution in [3.8, 4) is 5.88 Å². The first-order valence-electron chi connectivity index (χ1n) is 6.39. The minimum atomic E-state index is -4.84. The fraction of sp³-hybridized carbons (Fsp3) is 0.583. The molecule has 0 fully saturated rings. The highest BCUT2D eigenvalue weighted by Crippen LogP contribution is 2.35. The predicted molar refractivity (Wildman–Crippen MR) is 73.4 cm³/mol. The minimum absolute atomic E-state index is 0.0350. The Kier molecular flexibility index (Phi) is 4.26. The van der Waals surface area contributed by atoms with Gasteiger partial charge in [0.15, 0.2) is 20.6 Å². The van der Waals surface area contributed by atoms with Crippen molar-refractivity contribution in [3.05, 3.63) is 17.6 Å². The molecule has 1 aliphatic rings. The third kappa shape index (κ3) is 3.71. The second-order valence-electron chi connectivity index (χ2n) is 5.48. The smallest absolute Gasteiger partial charge is 0.433 e. The highest BCUT2D eigenvalue weighted by Gasteiger charge is 2.41. The summed E-state index contributed by atoms with van der Waals surface area (Å²) >= 11 is 0. The van der Waals surface area contributed by atoms with E-state index in [1.54, 1.807) is 13.8 Å². The maximum Gasteiger partial charge on any atom is 0.433 e. The summed E-state index contributed by atoms with van der Waals surface area (Å²) in [6, 6.07) is 0. The number of halogens is 3. The number of nitrogens with zero attached hydrogens (tertiary/aromatic N) is 3. The monoisotopic (exact) mass is 353 g/mol. The van der Waals surface area contributed by atoms with Gasteiger partial charge in [-0.3, -0.25) is 0 Å². The molecule has 2 rings (SSSR count). The highest BCUT2D eigenvalue weighted by molar-refractivity contribution is 8.05. The van der Waals surface area contributed by atoms with Gasteiger partial charge in [-0.15, -0.1) is 0 Å². The lowest BCUT2D eigenvalue weighted by molar-refractivity contribution is -0.141. The van der Waals surface area contributed by atoms with Crippen LogP contribution >= 0.6 is 0 Å². The van der Waals surface area contributed by atoms with Crippen LogP contribution in [0.5, 0.6) is 5.88 Å². The Hall–Kier alpha value is -1.91. The van der Waals surface area contributed by atoms with Crippen molar-refractivity contribution in [1.82, 2.24) is 9.97 Å². The number of sulfone groups is 1. The molecule has 2 heterocycles. The summed E-state index contributed by atoms with van der Waals surface area (Å²) in [4.78, 5) is 11.6. The Labute approximate surface area is 130 Å². The third-order valence-corrected chi connectivity index (χ3v) is 4.64. The van der Waals surface area contributed by atoms with Gasteiger partial charge in [-0.1, -0.05) is 5.16 Å². The number of aromatic nitrogens is 2. The molecule has 23 heavy (non-hydrogen) atoms. The van der Waals surface area contributed by atoms with E-state index in [1.165, 1.54) is 0 Å². The van der Waals surface area contributed by atoms with Gasteiger partial charge in [0.1, 0.15) is 11.9 Å². The number of ether oxygens (including phenoxy) is 1. The molecule has 0 bridgehead atoms. The van der Waals surface area contributed by atoms with Crippen LogP contribution in [0.25, 0.3) is 0 Å². The first-order chi connectivity index (χ1) is 10.5. The van der Waals surface area contributed by atoms with E-state index in [9.17, 15) is 21.6 Å². The van der Waals surface area contributed by atoms with Crippen LogP contribution < -0.4 is 4.74 Å². The zero-order valence-corrected chi connectivity index (χ0v) is 13.3. The number of methoxy groups -OCH3 is 1. The van der Waals surface area contributed by atoms with Crippen molar-refractivity contribution in [2.75, 3.05) is 7.11 Å². The Bertz CT molecular complexity index is 744. The first kappa shape index (κ1) is 17.4. The van der Waals surface area contributed by atoms with Crippen molar-refractivity contribution >= 4 is 14.9 Å². The molecule has 0 radical (unpaired) electrons. The topological polar surface area (TPSA) is 90.7 Å². The Balaban J connectivity index is 2.44. The number of hydrogen-bond acceptors (Lipinski definition) is 7. The van der Waals surface area contributed by atoms with E-state index in [0.29, 0.717) is 6.33 Å². The molecule has 128 valence electrons. The normalized spacial score (nSPS) is 17.6. The Morgan fingerprint density at radius 1 is 1.35 bits per heavy atom. The Morgan fingerprint density at radius 3 is 2.48 bits per heavy atom. The SMILES string of the molecule is COc1ncnc(C(F)(F)F)c1CS(=O)(=O)C1=NOC(C)(C)C1. The van der Waals surface area contributed by atoms with Crippen LogP contribution in [0.2, 0.25) is 0 Å². The maximum atomic E-state index is 13.0. The summed E-state index contributed by atoms with van der Waals surface area (Å²) < 4.78 is 68.6. The van der Waals surface area contributed by atoms with Crippen molar-refractivity contribution in [1.29, 1.82) is 0 Å². The standard InChI is InChI=1S/C12H14F3N3O4S/c1-11(2)4-8(18-22-11)23(19,20)5-7-9(12(13,14)15)16-6-17-10(7)21-3/h6H,4-5H2,1-3H3. The van der Waals surface area contributed by atoms with Gasteiger partial charge in [-0.05, 0) is 13.8 Å². The van der Waals surface area contributed by atoms with E-state index in [1.807, 2.05) is 0 Å². The van der Waals surface area contributed by atoms with Crippen molar-refractivity contribution < 1.29 is 31.2 Å². The molecule has 1 aliphatic heterocycles. The number of rotatable bonds is 3. The van der Waals surface area contributed by atoms with E-state index in [-0.39, 0.29) is 11.5 Å². The molecule has 0 spiro atoms. The summed E-state index contributed by atoms with van der Waals surface area (Å²) in [7, 11) is -3.04. The molecule has 0 aromatic carbocycles. The maximum absolute atomic E-state index is 13.0. The van der Waals surface area contributed by atoms with Crippen LogP contribution in [0, 0.1) is 0 Å². The second-order valence-corrected chi connectivity index (χ2v) is 7.47. The molecule has 1 aromatic heterocycles. The Morgan fingerprint density at radius 2 is 2.00 bits per heavy atom. The first-order valence-corrected chi connectivity index (χ1v) is 8.04. The molecule has 0 unspecified atom stereocenters. The van der Waals surface area contributed by atoms with Gasteiger partial charge in [0, 0.05) is 6.42 Å². The summed E-state index contributed by atoms with van der Waals surface area (Å²) in [5.74, 6) is -1.43. The number of oxime groups is 1. The molecule has 0 saturated heterocycles. The lowest BCUT2D eigenvalue weighted by Gasteiger charge is -2.15. The fourth-order valence-corrected chi connectivity index (χ4v) is 3.51. The van der Waals surface area contributed by atoms with E-state index >= 15 is 0 Å². The predicted octanol–water partition coefficient (Wildman–Crippen LogP) is 1.93. The highest BCUT2D eigenvalue weighted by atomic mass is 32.2. The van der Waals surface area contributed by atoms with Gasteiger partial charge in [-0.25, -0.2) is 18.4 Å². The van der Waals surface area contributed by atoms with E-state index < -0.39 is 44.5 Å². The van der Waals surface area contributed by atoms with Crippen LogP contribution in [0.15, 0.2) is 11.5 Å². The lowest BCUT2D eigenvalue weighted by atomic mass is 10.1. The van der Waals surface area contributed by atoms with Crippen molar-refractivity contribution in [3.63, 3.8) is 0 Å². The van der Waals surface area contributed by atoms with Crippen LogP contribution in [0.1, 0.15) is 31.5 Å². The summed E-state index contributed by atoms with van der Waals surface area (Å²) in [5.41, 5.74) is -2.84. The van der Waals surface area contributed by atoms with Gasteiger partial charge in [-0.2, -0.15) is 13.2 Å². The van der Waals surface area contributed by atoms with Crippen molar-refractivity contribution in [2.45, 2.75) is 37.8 Å². The zero-order chi connectivity index (χ0) is 17.5. The quantitative estimate of drug-likeness (QED) is 0.825.